The summed E-state index contributed by atoms with van der Waals surface area (Å²) >= 11 is 0. The number of nitrogens with one attached hydrogen (secondary N) is 1. The van der Waals surface area contributed by atoms with Gasteiger partial charge in [0.1, 0.15) is 6.04 Å². The fourth-order valence-corrected chi connectivity index (χ4v) is 2.51. The van der Waals surface area contributed by atoms with Crippen LogP contribution in [0.1, 0.15) is 27.0 Å². The highest BCUT2D eigenvalue weighted by atomic mass is 19.4. The van der Waals surface area contributed by atoms with Crippen LogP contribution in [0.5, 0.6) is 0 Å². The number of hydrogen-bond acceptors (Lipinski definition) is 3. The molecule has 28 heavy (non-hydrogen) atoms. The molecule has 0 bridgehead atoms. The van der Waals surface area contributed by atoms with E-state index in [9.17, 15) is 32.7 Å². The van der Waals surface area contributed by atoms with E-state index in [-0.39, 0.29) is 17.5 Å². The number of carbonyl (C=O) groups is 3. The molecule has 0 radical (unpaired) electrons. The predicted octanol–water partition coefficient (Wildman–Crippen LogP) is 2.76. The zero-order chi connectivity index (χ0) is 20.9. The number of halogens is 3. The van der Waals surface area contributed by atoms with E-state index in [2.05, 4.69) is 5.32 Å². The highest BCUT2D eigenvalue weighted by Gasteiger charge is 2.30. The van der Waals surface area contributed by atoms with E-state index in [1.165, 1.54) is 36.4 Å². The van der Waals surface area contributed by atoms with Crippen LogP contribution in [-0.4, -0.2) is 34.1 Å². The van der Waals surface area contributed by atoms with Crippen LogP contribution in [0.15, 0.2) is 48.5 Å². The summed E-state index contributed by atoms with van der Waals surface area (Å²) in [5.41, 5.74) is -0.283. The van der Waals surface area contributed by atoms with Crippen molar-refractivity contribution in [2.45, 2.75) is 25.1 Å². The number of hydrogen-bond donors (Lipinski definition) is 3. The molecule has 2 aromatic carbocycles. The lowest BCUT2D eigenvalue weighted by Gasteiger charge is -2.15. The summed E-state index contributed by atoms with van der Waals surface area (Å²) < 4.78 is 38.2. The number of carbonyl (C=O) groups excluding carboxylic acids is 1. The molecule has 2 rings (SSSR count). The van der Waals surface area contributed by atoms with E-state index in [4.69, 9.17) is 5.11 Å². The Balaban J connectivity index is 2.04. The van der Waals surface area contributed by atoms with Crippen molar-refractivity contribution in [3.63, 3.8) is 0 Å². The maximum absolute atomic E-state index is 12.7. The minimum absolute atomic E-state index is 0.0317. The van der Waals surface area contributed by atoms with Gasteiger partial charge in [0.25, 0.3) is 0 Å². The summed E-state index contributed by atoms with van der Waals surface area (Å²) in [5.74, 6) is -3.19. The van der Waals surface area contributed by atoms with Crippen LogP contribution >= 0.6 is 0 Å². The van der Waals surface area contributed by atoms with Crippen LogP contribution in [0.3, 0.4) is 0 Å². The lowest BCUT2D eigenvalue weighted by molar-refractivity contribution is -0.141. The molecular weight excluding hydrogens is 379 g/mol. The van der Waals surface area contributed by atoms with Gasteiger partial charge in [-0.15, -0.1) is 0 Å². The standard InChI is InChI=1S/C19H16F3NO5/c20-19(21,22)14-3-1-2-12(8-14)10-16(24)23-15(18(27)28)9-11-4-6-13(7-5-11)17(25)26/h1-8,15H,9-10H2,(H,23,24)(H,25,26)(H,27,28)/t15-/m0/s1. The Morgan fingerprint density at radius 2 is 1.61 bits per heavy atom. The SMILES string of the molecule is O=C(Cc1cccc(C(F)(F)F)c1)N[C@@H](Cc1ccc(C(=O)O)cc1)C(=O)O. The number of carboxylic acid groups (broad SMARTS) is 2. The maximum Gasteiger partial charge on any atom is 0.416 e. The summed E-state index contributed by atoms with van der Waals surface area (Å²) in [6.45, 7) is 0. The molecule has 148 valence electrons. The first kappa shape index (κ1) is 20.9. The summed E-state index contributed by atoms with van der Waals surface area (Å²) in [6, 6.07) is 8.38. The maximum atomic E-state index is 12.7. The van der Waals surface area contributed by atoms with Crippen molar-refractivity contribution < 1.29 is 37.8 Å². The van der Waals surface area contributed by atoms with E-state index in [0.717, 1.165) is 12.1 Å². The van der Waals surface area contributed by atoms with Gasteiger partial charge in [0.2, 0.25) is 5.91 Å². The third-order valence-electron chi connectivity index (χ3n) is 3.89. The Hall–Kier alpha value is -3.36. The first-order valence-corrected chi connectivity index (χ1v) is 8.07. The van der Waals surface area contributed by atoms with Gasteiger partial charge >= 0.3 is 18.1 Å². The monoisotopic (exact) mass is 395 g/mol. The second kappa shape index (κ2) is 8.55. The van der Waals surface area contributed by atoms with Gasteiger partial charge in [0.05, 0.1) is 17.5 Å². The molecule has 3 N–H and O–H groups in total. The fraction of sp³-hybridized carbons (Fsp3) is 0.211. The number of alkyl halides is 3. The largest absolute Gasteiger partial charge is 0.480 e. The smallest absolute Gasteiger partial charge is 0.416 e. The van der Waals surface area contributed by atoms with Crippen molar-refractivity contribution in [3.8, 4) is 0 Å². The highest BCUT2D eigenvalue weighted by Crippen LogP contribution is 2.29. The van der Waals surface area contributed by atoms with Crippen molar-refractivity contribution in [3.05, 3.63) is 70.8 Å². The summed E-state index contributed by atoms with van der Waals surface area (Å²) in [5, 5.41) is 20.4. The average molecular weight is 395 g/mol. The highest BCUT2D eigenvalue weighted by molar-refractivity contribution is 5.87. The van der Waals surface area contributed by atoms with Crippen molar-refractivity contribution in [2.75, 3.05) is 0 Å². The van der Waals surface area contributed by atoms with Crippen LogP contribution in [0.2, 0.25) is 0 Å². The van der Waals surface area contributed by atoms with Gasteiger partial charge in [-0.05, 0) is 29.3 Å². The lowest BCUT2D eigenvalue weighted by atomic mass is 10.0. The van der Waals surface area contributed by atoms with E-state index in [1.807, 2.05) is 0 Å². The summed E-state index contributed by atoms with van der Waals surface area (Å²) in [4.78, 5) is 34.3. The zero-order valence-corrected chi connectivity index (χ0v) is 14.4. The molecule has 2 aromatic rings. The first-order chi connectivity index (χ1) is 13.1. The number of aliphatic carboxylic acids is 1. The minimum atomic E-state index is -4.54. The van der Waals surface area contributed by atoms with Crippen molar-refractivity contribution in [1.29, 1.82) is 0 Å². The number of carboxylic acids is 2. The molecule has 0 aromatic heterocycles. The van der Waals surface area contributed by atoms with Gasteiger partial charge in [-0.3, -0.25) is 4.79 Å². The molecule has 0 saturated carbocycles. The van der Waals surface area contributed by atoms with Gasteiger partial charge in [-0.1, -0.05) is 30.3 Å². The Labute approximate surface area is 157 Å². The van der Waals surface area contributed by atoms with Crippen LogP contribution in [0, 0.1) is 0 Å². The van der Waals surface area contributed by atoms with Crippen LogP contribution < -0.4 is 5.32 Å². The van der Waals surface area contributed by atoms with E-state index < -0.39 is 42.0 Å². The number of aromatic carboxylic acids is 1. The third-order valence-corrected chi connectivity index (χ3v) is 3.89. The topological polar surface area (TPSA) is 104 Å². The number of amides is 1. The second-order valence-corrected chi connectivity index (χ2v) is 6.04. The predicted molar refractivity (Wildman–Crippen MR) is 91.8 cm³/mol. The van der Waals surface area contributed by atoms with Gasteiger partial charge in [0, 0.05) is 6.42 Å². The van der Waals surface area contributed by atoms with E-state index >= 15 is 0 Å². The molecule has 1 atom stereocenters. The Bertz CT molecular complexity index is 878. The first-order valence-electron chi connectivity index (χ1n) is 8.07. The summed E-state index contributed by atoms with van der Waals surface area (Å²) in [7, 11) is 0. The summed E-state index contributed by atoms with van der Waals surface area (Å²) in [6.07, 6.45) is -5.06. The molecule has 0 unspecified atom stereocenters. The fourth-order valence-electron chi connectivity index (χ4n) is 2.51. The molecule has 0 aliphatic heterocycles. The van der Waals surface area contributed by atoms with Crippen molar-refractivity contribution in [1.82, 2.24) is 5.32 Å². The molecule has 0 spiro atoms. The van der Waals surface area contributed by atoms with Crippen molar-refractivity contribution in [2.24, 2.45) is 0 Å². The quantitative estimate of drug-likeness (QED) is 0.669. The van der Waals surface area contributed by atoms with Crippen LogP contribution in [0.25, 0.3) is 0 Å². The van der Waals surface area contributed by atoms with Crippen LogP contribution in [0.4, 0.5) is 13.2 Å². The van der Waals surface area contributed by atoms with Crippen molar-refractivity contribution >= 4 is 17.8 Å². The van der Waals surface area contributed by atoms with Gasteiger partial charge < -0.3 is 15.5 Å². The molecule has 9 heteroatoms. The molecule has 0 aliphatic carbocycles. The normalized spacial score (nSPS) is 12.2. The molecule has 0 saturated heterocycles. The van der Waals surface area contributed by atoms with E-state index in [1.54, 1.807) is 0 Å². The number of benzene rings is 2. The zero-order valence-electron chi connectivity index (χ0n) is 14.4. The van der Waals surface area contributed by atoms with Gasteiger partial charge in [0.15, 0.2) is 0 Å². The third kappa shape index (κ3) is 5.83. The van der Waals surface area contributed by atoms with E-state index in [0.29, 0.717) is 5.56 Å². The Kier molecular flexibility index (Phi) is 6.40. The average Bonchev–Trinajstić information content (AvgIpc) is 2.61. The molecule has 0 heterocycles. The van der Waals surface area contributed by atoms with Gasteiger partial charge in [-0.2, -0.15) is 13.2 Å². The molecule has 0 fully saturated rings. The molecular formula is C19H16F3NO5. The number of rotatable bonds is 7. The van der Waals surface area contributed by atoms with Gasteiger partial charge in [-0.25, -0.2) is 9.59 Å². The molecule has 0 aliphatic rings. The minimum Gasteiger partial charge on any atom is -0.480 e. The van der Waals surface area contributed by atoms with Crippen LogP contribution in [-0.2, 0) is 28.6 Å². The molecule has 1 amide bonds. The lowest BCUT2D eigenvalue weighted by Crippen LogP contribution is -2.43. The Morgan fingerprint density at radius 3 is 2.14 bits per heavy atom. The second-order valence-electron chi connectivity index (χ2n) is 6.04. The Morgan fingerprint density at radius 1 is 0.964 bits per heavy atom. The molecule has 6 nitrogen and oxygen atoms in total.